The van der Waals surface area contributed by atoms with Crippen LogP contribution >= 0.6 is 0 Å². The molecule has 15 heavy (non-hydrogen) atoms. The van der Waals surface area contributed by atoms with Gasteiger partial charge in [-0.05, 0) is 19.3 Å². The predicted molar refractivity (Wildman–Crippen MR) is 48.8 cm³/mol. The van der Waals surface area contributed by atoms with Gasteiger partial charge < -0.3 is 5.11 Å². The van der Waals surface area contributed by atoms with Crippen molar-refractivity contribution in [3.63, 3.8) is 0 Å². The molecule has 0 radical (unpaired) electrons. The normalized spacial score (nSPS) is 36.9. The van der Waals surface area contributed by atoms with E-state index in [2.05, 4.69) is 5.10 Å². The fraction of sp³-hybridized carbons (Fsp3) is 0.600. The average molecular weight is 210 g/mol. The Hall–Kier alpha value is -1.39. The number of halogens is 1. The minimum absolute atomic E-state index is 0.242. The van der Waals surface area contributed by atoms with Gasteiger partial charge in [0.25, 0.3) is 0 Å². The molecule has 0 aromatic carbocycles. The van der Waals surface area contributed by atoms with Crippen LogP contribution in [0, 0.1) is 11.2 Å². The average Bonchev–Trinajstić information content (AvgIpc) is 2.29. The quantitative estimate of drug-likeness (QED) is 0.794. The monoisotopic (exact) mass is 210 g/mol. The minimum Gasteiger partial charge on any atom is -0.481 e. The first kappa shape index (κ1) is 8.88. The number of rotatable bonds is 2. The molecule has 2 bridgehead atoms. The van der Waals surface area contributed by atoms with Gasteiger partial charge in [-0.3, -0.25) is 9.48 Å². The molecule has 3 aliphatic carbocycles. The van der Waals surface area contributed by atoms with Gasteiger partial charge in [-0.15, -0.1) is 0 Å². The summed E-state index contributed by atoms with van der Waals surface area (Å²) in [6.07, 6.45) is 2.88. The number of aliphatic carboxylic acids is 1. The first-order valence-electron chi connectivity index (χ1n) is 4.91. The van der Waals surface area contributed by atoms with Crippen molar-refractivity contribution >= 4 is 5.97 Å². The van der Waals surface area contributed by atoms with E-state index in [0.717, 1.165) is 0 Å². The Balaban J connectivity index is 1.93. The van der Waals surface area contributed by atoms with E-state index in [1.54, 1.807) is 7.05 Å². The molecule has 1 heterocycles. The SMILES string of the molecule is Cn1ncc(F)c1C12CC(C(=O)O)(C1)C2. The van der Waals surface area contributed by atoms with Crippen LogP contribution in [-0.2, 0) is 17.3 Å². The summed E-state index contributed by atoms with van der Waals surface area (Å²) in [7, 11) is 1.70. The van der Waals surface area contributed by atoms with Crippen LogP contribution < -0.4 is 0 Å². The molecule has 0 amide bonds. The van der Waals surface area contributed by atoms with Crippen molar-refractivity contribution in [1.82, 2.24) is 9.78 Å². The van der Waals surface area contributed by atoms with Crippen LogP contribution in [0.2, 0.25) is 0 Å². The molecule has 3 fully saturated rings. The Kier molecular flexibility index (Phi) is 1.32. The largest absolute Gasteiger partial charge is 0.481 e. The van der Waals surface area contributed by atoms with Gasteiger partial charge in [-0.25, -0.2) is 4.39 Å². The molecule has 80 valence electrons. The molecule has 0 unspecified atom stereocenters. The molecular weight excluding hydrogens is 199 g/mol. The molecule has 1 aromatic rings. The summed E-state index contributed by atoms with van der Waals surface area (Å²) >= 11 is 0. The lowest BCUT2D eigenvalue weighted by molar-refractivity contribution is -0.196. The molecule has 0 atom stereocenters. The van der Waals surface area contributed by atoms with Crippen molar-refractivity contribution in [3.8, 4) is 0 Å². The standard InChI is InChI=1S/C10H11FN2O2/c1-13-7(6(11)2-12-13)9-3-10(4-9,5-9)8(14)15/h2H,3-5H2,1H3,(H,14,15). The minimum atomic E-state index is -0.744. The maximum atomic E-state index is 13.4. The lowest BCUT2D eigenvalue weighted by Crippen LogP contribution is -2.68. The summed E-state index contributed by atoms with van der Waals surface area (Å²) in [6, 6.07) is 0. The van der Waals surface area contributed by atoms with Gasteiger partial charge in [0.05, 0.1) is 17.3 Å². The summed E-state index contributed by atoms with van der Waals surface area (Å²) in [4.78, 5) is 10.9. The highest BCUT2D eigenvalue weighted by molar-refractivity contribution is 5.80. The number of aryl methyl sites for hydroxylation is 1. The van der Waals surface area contributed by atoms with Crippen molar-refractivity contribution in [1.29, 1.82) is 0 Å². The Labute approximate surface area is 85.7 Å². The second kappa shape index (κ2) is 2.23. The van der Waals surface area contributed by atoms with Crippen LogP contribution in [0.15, 0.2) is 6.20 Å². The highest BCUT2D eigenvalue weighted by Crippen LogP contribution is 2.73. The zero-order valence-electron chi connectivity index (χ0n) is 8.33. The van der Waals surface area contributed by atoms with E-state index >= 15 is 0 Å². The summed E-state index contributed by atoms with van der Waals surface area (Å²) in [5.74, 6) is -1.05. The topological polar surface area (TPSA) is 55.1 Å². The van der Waals surface area contributed by atoms with E-state index in [9.17, 15) is 9.18 Å². The first-order valence-corrected chi connectivity index (χ1v) is 4.91. The van der Waals surface area contributed by atoms with E-state index < -0.39 is 11.4 Å². The number of hydrogen-bond acceptors (Lipinski definition) is 2. The zero-order chi connectivity index (χ0) is 10.8. The molecule has 3 saturated carbocycles. The van der Waals surface area contributed by atoms with Crippen molar-refractivity contribution in [2.45, 2.75) is 24.7 Å². The first-order chi connectivity index (χ1) is 6.99. The van der Waals surface area contributed by atoms with Crippen molar-refractivity contribution < 1.29 is 14.3 Å². The summed E-state index contributed by atoms with van der Waals surface area (Å²) in [5.41, 5.74) is -0.227. The Morgan fingerprint density at radius 1 is 1.60 bits per heavy atom. The van der Waals surface area contributed by atoms with E-state index in [1.165, 1.54) is 10.9 Å². The zero-order valence-corrected chi connectivity index (χ0v) is 8.33. The van der Waals surface area contributed by atoms with E-state index in [0.29, 0.717) is 25.0 Å². The highest BCUT2D eigenvalue weighted by Gasteiger charge is 2.74. The van der Waals surface area contributed by atoms with E-state index in [4.69, 9.17) is 5.11 Å². The fourth-order valence-electron chi connectivity index (χ4n) is 3.27. The second-order valence-corrected chi connectivity index (χ2v) is 4.86. The third-order valence-electron chi connectivity index (χ3n) is 3.88. The molecule has 5 heteroatoms. The van der Waals surface area contributed by atoms with Gasteiger partial charge in [0.1, 0.15) is 0 Å². The van der Waals surface area contributed by atoms with Crippen LogP contribution in [0.1, 0.15) is 25.0 Å². The third-order valence-corrected chi connectivity index (χ3v) is 3.88. The molecular formula is C10H11FN2O2. The lowest BCUT2D eigenvalue weighted by atomic mass is 9.34. The smallest absolute Gasteiger partial charge is 0.309 e. The molecule has 0 saturated heterocycles. The number of hydrogen-bond donors (Lipinski definition) is 1. The van der Waals surface area contributed by atoms with Crippen LogP contribution in [0.25, 0.3) is 0 Å². The maximum Gasteiger partial charge on any atom is 0.309 e. The van der Waals surface area contributed by atoms with Crippen LogP contribution in [0.3, 0.4) is 0 Å². The molecule has 4 nitrogen and oxygen atoms in total. The lowest BCUT2D eigenvalue weighted by Gasteiger charge is -2.67. The number of carboxylic acid groups (broad SMARTS) is 1. The maximum absolute atomic E-state index is 13.4. The van der Waals surface area contributed by atoms with E-state index in [-0.39, 0.29) is 11.2 Å². The van der Waals surface area contributed by atoms with Gasteiger partial charge in [0.2, 0.25) is 0 Å². The van der Waals surface area contributed by atoms with Crippen molar-refractivity contribution in [3.05, 3.63) is 17.7 Å². The van der Waals surface area contributed by atoms with Gasteiger partial charge in [0.15, 0.2) is 5.82 Å². The second-order valence-electron chi connectivity index (χ2n) is 4.86. The molecule has 1 N–H and O–H groups in total. The summed E-state index contributed by atoms with van der Waals surface area (Å²) in [5, 5.41) is 12.8. The van der Waals surface area contributed by atoms with Crippen molar-refractivity contribution in [2.24, 2.45) is 12.5 Å². The number of carboxylic acids is 1. The molecule has 4 rings (SSSR count). The number of nitrogens with zero attached hydrogens (tertiary/aromatic N) is 2. The van der Waals surface area contributed by atoms with Gasteiger partial charge in [-0.2, -0.15) is 5.10 Å². The molecule has 0 aliphatic heterocycles. The summed E-state index contributed by atoms with van der Waals surface area (Å²) < 4.78 is 15.0. The molecule has 1 aromatic heterocycles. The Morgan fingerprint density at radius 2 is 2.20 bits per heavy atom. The number of carbonyl (C=O) groups is 1. The van der Waals surface area contributed by atoms with Crippen molar-refractivity contribution in [2.75, 3.05) is 0 Å². The van der Waals surface area contributed by atoms with Gasteiger partial charge in [0, 0.05) is 12.5 Å². The van der Waals surface area contributed by atoms with Crippen LogP contribution in [0.4, 0.5) is 4.39 Å². The number of aromatic nitrogens is 2. The highest BCUT2D eigenvalue weighted by atomic mass is 19.1. The molecule has 0 spiro atoms. The van der Waals surface area contributed by atoms with Crippen LogP contribution in [0.5, 0.6) is 0 Å². The van der Waals surface area contributed by atoms with Gasteiger partial charge >= 0.3 is 5.97 Å². The Bertz CT molecular complexity index is 427. The third kappa shape index (κ3) is 0.820. The fourth-order valence-corrected chi connectivity index (χ4v) is 3.27. The summed E-state index contributed by atoms with van der Waals surface area (Å²) in [6.45, 7) is 0. The molecule has 3 aliphatic rings. The van der Waals surface area contributed by atoms with E-state index in [1.807, 2.05) is 0 Å². The Morgan fingerprint density at radius 3 is 2.60 bits per heavy atom. The van der Waals surface area contributed by atoms with Gasteiger partial charge in [-0.1, -0.05) is 0 Å². The van der Waals surface area contributed by atoms with Crippen LogP contribution in [-0.4, -0.2) is 20.9 Å². The predicted octanol–water partition coefficient (Wildman–Crippen LogP) is 1.07.